The first-order chi connectivity index (χ1) is 11.0. The van der Waals surface area contributed by atoms with Crippen LogP contribution in [0, 0.1) is 6.92 Å². The molecule has 0 saturated carbocycles. The van der Waals surface area contributed by atoms with Crippen LogP contribution in [0.4, 0.5) is 0 Å². The molecule has 2 aromatic rings. The lowest BCUT2D eigenvalue weighted by molar-refractivity contribution is 0.229. The third kappa shape index (κ3) is 4.49. The predicted molar refractivity (Wildman–Crippen MR) is 95.4 cm³/mol. The normalized spacial score (nSPS) is 12.3. The number of benzene rings is 2. The predicted octanol–water partition coefficient (Wildman–Crippen LogP) is 4.08. The number of hydrogen-bond acceptors (Lipinski definition) is 3. The molecule has 0 fully saturated rings. The number of rotatable bonds is 7. The summed E-state index contributed by atoms with van der Waals surface area (Å²) in [5, 5.41) is 0. The summed E-state index contributed by atoms with van der Waals surface area (Å²) >= 11 is 0. The monoisotopic (exact) mass is 313 g/mol. The van der Waals surface area contributed by atoms with Crippen LogP contribution in [0.1, 0.15) is 36.5 Å². The summed E-state index contributed by atoms with van der Waals surface area (Å²) in [6.07, 6.45) is 0.944. The van der Waals surface area contributed by atoms with Crippen LogP contribution in [0.15, 0.2) is 42.5 Å². The Labute approximate surface area is 139 Å². The van der Waals surface area contributed by atoms with Crippen molar-refractivity contribution < 1.29 is 9.47 Å². The van der Waals surface area contributed by atoms with E-state index in [1.165, 1.54) is 11.1 Å². The van der Waals surface area contributed by atoms with Crippen molar-refractivity contribution in [3.8, 4) is 11.5 Å². The molecule has 23 heavy (non-hydrogen) atoms. The first kappa shape index (κ1) is 17.4. The number of para-hydroxylation sites is 1. The van der Waals surface area contributed by atoms with Crippen molar-refractivity contribution >= 4 is 0 Å². The second-order valence-corrected chi connectivity index (χ2v) is 6.16. The van der Waals surface area contributed by atoms with Crippen molar-refractivity contribution in [3.05, 3.63) is 59.2 Å². The smallest absolute Gasteiger partial charge is 0.163 e. The molecule has 0 amide bonds. The van der Waals surface area contributed by atoms with Gasteiger partial charge in [0.05, 0.1) is 13.2 Å². The zero-order valence-electron chi connectivity index (χ0n) is 14.5. The Bertz CT molecular complexity index is 620. The Kier molecular flexibility index (Phi) is 6.05. The molecule has 0 saturated heterocycles. The lowest BCUT2D eigenvalue weighted by Crippen LogP contribution is -2.16. The second-order valence-electron chi connectivity index (χ2n) is 6.16. The average molecular weight is 313 g/mol. The van der Waals surface area contributed by atoms with Gasteiger partial charge in [0, 0.05) is 5.92 Å². The lowest BCUT2D eigenvalue weighted by atomic mass is 9.91. The van der Waals surface area contributed by atoms with E-state index in [0.29, 0.717) is 6.54 Å². The van der Waals surface area contributed by atoms with Gasteiger partial charge in [-0.3, -0.25) is 0 Å². The van der Waals surface area contributed by atoms with Gasteiger partial charge in [-0.1, -0.05) is 42.0 Å². The van der Waals surface area contributed by atoms with Gasteiger partial charge >= 0.3 is 0 Å². The molecule has 124 valence electrons. The molecule has 0 aromatic heterocycles. The Hall–Kier alpha value is -2.00. The standard InChI is InChI=1S/C20H27NO2/c1-14(2)23-19-7-5-6-17(20(19)22-4)12-18(13-21)16-10-8-15(3)9-11-16/h5-11,14,18H,12-13,21H2,1-4H3. The van der Waals surface area contributed by atoms with Crippen LogP contribution in [0.3, 0.4) is 0 Å². The largest absolute Gasteiger partial charge is 0.493 e. The van der Waals surface area contributed by atoms with Crippen molar-refractivity contribution in [2.24, 2.45) is 5.73 Å². The fourth-order valence-corrected chi connectivity index (χ4v) is 2.74. The van der Waals surface area contributed by atoms with E-state index in [1.807, 2.05) is 26.0 Å². The summed E-state index contributed by atoms with van der Waals surface area (Å²) in [5.74, 6) is 1.87. The first-order valence-corrected chi connectivity index (χ1v) is 8.14. The molecule has 3 heteroatoms. The van der Waals surface area contributed by atoms with Crippen LogP contribution in [-0.2, 0) is 6.42 Å². The molecular formula is C20H27NO2. The summed E-state index contributed by atoms with van der Waals surface area (Å²) in [7, 11) is 1.69. The van der Waals surface area contributed by atoms with E-state index in [1.54, 1.807) is 7.11 Å². The highest BCUT2D eigenvalue weighted by molar-refractivity contribution is 5.47. The van der Waals surface area contributed by atoms with Gasteiger partial charge in [0.25, 0.3) is 0 Å². The molecule has 1 atom stereocenters. The summed E-state index contributed by atoms with van der Waals surface area (Å²) in [4.78, 5) is 0. The molecule has 0 radical (unpaired) electrons. The molecule has 2 rings (SSSR count). The van der Waals surface area contributed by atoms with Crippen LogP contribution < -0.4 is 15.2 Å². The van der Waals surface area contributed by atoms with Gasteiger partial charge in [-0.2, -0.15) is 0 Å². The topological polar surface area (TPSA) is 44.5 Å². The molecule has 0 spiro atoms. The molecule has 0 heterocycles. The maximum absolute atomic E-state index is 6.03. The van der Waals surface area contributed by atoms with Crippen LogP contribution in [-0.4, -0.2) is 19.8 Å². The van der Waals surface area contributed by atoms with Crippen molar-refractivity contribution in [1.29, 1.82) is 0 Å². The minimum absolute atomic E-state index is 0.113. The Morgan fingerprint density at radius 3 is 2.30 bits per heavy atom. The van der Waals surface area contributed by atoms with Crippen molar-refractivity contribution in [1.82, 2.24) is 0 Å². The second kappa shape index (κ2) is 8.02. The van der Waals surface area contributed by atoms with Crippen molar-refractivity contribution in [2.75, 3.05) is 13.7 Å². The van der Waals surface area contributed by atoms with E-state index in [4.69, 9.17) is 15.2 Å². The van der Waals surface area contributed by atoms with Crippen LogP contribution in [0.2, 0.25) is 0 Å². The molecule has 3 nitrogen and oxygen atoms in total. The van der Waals surface area contributed by atoms with Crippen molar-refractivity contribution in [2.45, 2.75) is 39.2 Å². The van der Waals surface area contributed by atoms with E-state index in [2.05, 4.69) is 37.3 Å². The Balaban J connectivity index is 2.28. The molecule has 0 aliphatic heterocycles. The van der Waals surface area contributed by atoms with Gasteiger partial charge in [-0.25, -0.2) is 0 Å². The van der Waals surface area contributed by atoms with Gasteiger partial charge in [0.2, 0.25) is 0 Å². The van der Waals surface area contributed by atoms with E-state index < -0.39 is 0 Å². The fraction of sp³-hybridized carbons (Fsp3) is 0.400. The van der Waals surface area contributed by atoms with Crippen LogP contribution in [0.25, 0.3) is 0 Å². The maximum atomic E-state index is 6.03. The van der Waals surface area contributed by atoms with Gasteiger partial charge in [0.1, 0.15) is 0 Å². The number of methoxy groups -OCH3 is 1. The molecule has 1 unspecified atom stereocenters. The SMILES string of the molecule is COc1c(CC(CN)c2ccc(C)cc2)cccc1OC(C)C. The fourth-order valence-electron chi connectivity index (χ4n) is 2.74. The molecule has 2 aromatic carbocycles. The first-order valence-electron chi connectivity index (χ1n) is 8.14. The van der Waals surface area contributed by atoms with Gasteiger partial charge in [-0.05, 0) is 50.9 Å². The molecule has 0 aliphatic carbocycles. The number of nitrogens with two attached hydrogens (primary N) is 1. The zero-order chi connectivity index (χ0) is 16.8. The van der Waals surface area contributed by atoms with Crippen LogP contribution in [0.5, 0.6) is 11.5 Å². The third-order valence-electron chi connectivity index (χ3n) is 3.93. The molecule has 0 bridgehead atoms. The average Bonchev–Trinajstić information content (AvgIpc) is 2.53. The highest BCUT2D eigenvalue weighted by atomic mass is 16.5. The van der Waals surface area contributed by atoms with Crippen LogP contribution >= 0.6 is 0 Å². The van der Waals surface area contributed by atoms with Gasteiger partial charge in [-0.15, -0.1) is 0 Å². The number of ether oxygens (including phenoxy) is 2. The van der Waals surface area contributed by atoms with Gasteiger partial charge < -0.3 is 15.2 Å². The van der Waals surface area contributed by atoms with E-state index in [0.717, 1.165) is 23.5 Å². The summed E-state index contributed by atoms with van der Waals surface area (Å²) in [5.41, 5.74) is 9.67. The Morgan fingerprint density at radius 1 is 1.04 bits per heavy atom. The van der Waals surface area contributed by atoms with E-state index >= 15 is 0 Å². The maximum Gasteiger partial charge on any atom is 0.163 e. The summed E-state index contributed by atoms with van der Waals surface area (Å²) < 4.78 is 11.5. The van der Waals surface area contributed by atoms with Gasteiger partial charge in [0.15, 0.2) is 11.5 Å². The summed E-state index contributed by atoms with van der Waals surface area (Å²) in [6, 6.07) is 14.6. The zero-order valence-corrected chi connectivity index (χ0v) is 14.5. The van der Waals surface area contributed by atoms with E-state index in [9.17, 15) is 0 Å². The number of hydrogen-bond donors (Lipinski definition) is 1. The third-order valence-corrected chi connectivity index (χ3v) is 3.93. The number of aryl methyl sites for hydroxylation is 1. The molecule has 0 aliphatic rings. The highest BCUT2D eigenvalue weighted by Gasteiger charge is 2.17. The summed E-state index contributed by atoms with van der Waals surface area (Å²) in [6.45, 7) is 6.72. The molecule has 2 N–H and O–H groups in total. The minimum atomic E-state index is 0.113. The molecular weight excluding hydrogens is 286 g/mol. The quantitative estimate of drug-likeness (QED) is 0.838. The highest BCUT2D eigenvalue weighted by Crippen LogP contribution is 2.34. The Morgan fingerprint density at radius 2 is 1.74 bits per heavy atom. The lowest BCUT2D eigenvalue weighted by Gasteiger charge is -2.20. The van der Waals surface area contributed by atoms with Crippen molar-refractivity contribution in [3.63, 3.8) is 0 Å². The minimum Gasteiger partial charge on any atom is -0.493 e. The van der Waals surface area contributed by atoms with E-state index in [-0.39, 0.29) is 12.0 Å².